The van der Waals surface area contributed by atoms with Crippen molar-refractivity contribution < 1.29 is 0 Å². The summed E-state index contributed by atoms with van der Waals surface area (Å²) in [6.07, 6.45) is 3.20. The minimum atomic E-state index is -0.0400. The predicted octanol–water partition coefficient (Wildman–Crippen LogP) is 1.57. The summed E-state index contributed by atoms with van der Waals surface area (Å²) in [5, 5.41) is 0. The predicted molar refractivity (Wildman–Crippen MR) is 64.8 cm³/mol. The van der Waals surface area contributed by atoms with E-state index >= 15 is 0 Å². The fourth-order valence-electron chi connectivity index (χ4n) is 2.20. The topological polar surface area (TPSA) is 49.0 Å². The van der Waals surface area contributed by atoms with Crippen LogP contribution in [0.25, 0.3) is 0 Å². The molecule has 88 valence electrons. The number of aryl methyl sites for hydroxylation is 1. The summed E-state index contributed by atoms with van der Waals surface area (Å²) in [5.74, 6) is 2.38. The third-order valence-electron chi connectivity index (χ3n) is 3.30. The van der Waals surface area contributed by atoms with Crippen molar-refractivity contribution in [1.29, 1.82) is 0 Å². The molecule has 0 aliphatic carbocycles. The second-order valence-corrected chi connectivity index (χ2v) is 4.41. The van der Waals surface area contributed by atoms with Crippen LogP contribution < -0.4 is 10.5 Å². The van der Waals surface area contributed by atoms with Crippen molar-refractivity contribution in [3.05, 3.63) is 22.2 Å². The monoisotopic (exact) mass is 221 g/mol. The SMILES string of the molecule is CCc1nc(N2CCC(CC)C2)cc(=O)[nH]1. The zero-order valence-electron chi connectivity index (χ0n) is 9.99. The van der Waals surface area contributed by atoms with Gasteiger partial charge in [0, 0.05) is 25.6 Å². The molecule has 1 atom stereocenters. The quantitative estimate of drug-likeness (QED) is 0.842. The van der Waals surface area contributed by atoms with Crippen LogP contribution in [0.15, 0.2) is 10.9 Å². The number of aromatic nitrogens is 2. The molecule has 0 radical (unpaired) electrons. The van der Waals surface area contributed by atoms with Crippen LogP contribution in [-0.4, -0.2) is 23.1 Å². The van der Waals surface area contributed by atoms with E-state index in [2.05, 4.69) is 21.8 Å². The highest BCUT2D eigenvalue weighted by molar-refractivity contribution is 5.38. The lowest BCUT2D eigenvalue weighted by Gasteiger charge is -2.17. The van der Waals surface area contributed by atoms with Gasteiger partial charge in [-0.05, 0) is 12.3 Å². The van der Waals surface area contributed by atoms with Gasteiger partial charge >= 0.3 is 0 Å². The number of aromatic amines is 1. The van der Waals surface area contributed by atoms with E-state index in [-0.39, 0.29) is 5.56 Å². The molecule has 16 heavy (non-hydrogen) atoms. The number of anilines is 1. The van der Waals surface area contributed by atoms with Gasteiger partial charge in [-0.2, -0.15) is 0 Å². The second kappa shape index (κ2) is 4.68. The first kappa shape index (κ1) is 11.2. The Balaban J connectivity index is 2.21. The summed E-state index contributed by atoms with van der Waals surface area (Å²) in [6, 6.07) is 1.61. The highest BCUT2D eigenvalue weighted by Gasteiger charge is 2.22. The van der Waals surface area contributed by atoms with E-state index in [1.54, 1.807) is 6.07 Å². The summed E-state index contributed by atoms with van der Waals surface area (Å²) >= 11 is 0. The van der Waals surface area contributed by atoms with E-state index in [9.17, 15) is 4.79 Å². The first-order valence-corrected chi connectivity index (χ1v) is 6.08. The van der Waals surface area contributed by atoms with Gasteiger partial charge in [0.15, 0.2) is 0 Å². The Hall–Kier alpha value is -1.32. The van der Waals surface area contributed by atoms with Gasteiger partial charge in [0.2, 0.25) is 0 Å². The highest BCUT2D eigenvalue weighted by atomic mass is 16.1. The Labute approximate surface area is 95.7 Å². The fraction of sp³-hybridized carbons (Fsp3) is 0.667. The van der Waals surface area contributed by atoms with Gasteiger partial charge in [-0.3, -0.25) is 4.79 Å². The molecule has 0 bridgehead atoms. The molecule has 1 saturated heterocycles. The lowest BCUT2D eigenvalue weighted by Crippen LogP contribution is -2.24. The van der Waals surface area contributed by atoms with Gasteiger partial charge < -0.3 is 9.88 Å². The smallest absolute Gasteiger partial charge is 0.252 e. The zero-order chi connectivity index (χ0) is 11.5. The second-order valence-electron chi connectivity index (χ2n) is 4.41. The molecule has 1 aromatic rings. The number of hydrogen-bond acceptors (Lipinski definition) is 3. The van der Waals surface area contributed by atoms with Crippen molar-refractivity contribution in [2.45, 2.75) is 33.1 Å². The van der Waals surface area contributed by atoms with Crippen molar-refractivity contribution >= 4 is 5.82 Å². The maximum atomic E-state index is 11.5. The van der Waals surface area contributed by atoms with Gasteiger partial charge in [0.05, 0.1) is 0 Å². The van der Waals surface area contributed by atoms with E-state index in [0.29, 0.717) is 0 Å². The largest absolute Gasteiger partial charge is 0.356 e. The molecule has 4 heteroatoms. The van der Waals surface area contributed by atoms with Crippen molar-refractivity contribution in [3.8, 4) is 0 Å². The summed E-state index contributed by atoms with van der Waals surface area (Å²) in [6.45, 7) is 6.28. The van der Waals surface area contributed by atoms with Gasteiger partial charge in [-0.1, -0.05) is 20.3 Å². The van der Waals surface area contributed by atoms with E-state index in [0.717, 1.165) is 37.1 Å². The van der Waals surface area contributed by atoms with Crippen LogP contribution in [-0.2, 0) is 6.42 Å². The lowest BCUT2D eigenvalue weighted by atomic mass is 10.1. The summed E-state index contributed by atoms with van der Waals surface area (Å²) in [4.78, 5) is 20.9. The molecule has 1 unspecified atom stereocenters. The molecule has 4 nitrogen and oxygen atoms in total. The molecular weight excluding hydrogens is 202 g/mol. The molecule has 2 heterocycles. The van der Waals surface area contributed by atoms with Gasteiger partial charge in [-0.25, -0.2) is 4.98 Å². The fourth-order valence-corrected chi connectivity index (χ4v) is 2.20. The van der Waals surface area contributed by atoms with Crippen molar-refractivity contribution in [2.24, 2.45) is 5.92 Å². The molecule has 1 fully saturated rings. The Morgan fingerprint density at radius 2 is 2.38 bits per heavy atom. The van der Waals surface area contributed by atoms with E-state index in [1.165, 1.54) is 12.8 Å². The molecule has 0 spiro atoms. The lowest BCUT2D eigenvalue weighted by molar-refractivity contribution is 0.568. The van der Waals surface area contributed by atoms with Crippen LogP contribution in [0.1, 0.15) is 32.5 Å². The number of hydrogen-bond donors (Lipinski definition) is 1. The summed E-state index contributed by atoms with van der Waals surface area (Å²) < 4.78 is 0. The summed E-state index contributed by atoms with van der Waals surface area (Å²) in [7, 11) is 0. The van der Waals surface area contributed by atoms with Crippen LogP contribution >= 0.6 is 0 Å². The third-order valence-corrected chi connectivity index (χ3v) is 3.30. The molecule has 0 aromatic carbocycles. The van der Waals surface area contributed by atoms with E-state index in [1.807, 2.05) is 6.92 Å². The average molecular weight is 221 g/mol. The maximum absolute atomic E-state index is 11.5. The molecule has 1 aromatic heterocycles. The molecule has 1 aliphatic heterocycles. The number of nitrogens with zero attached hydrogens (tertiary/aromatic N) is 2. The standard InChI is InChI=1S/C12H19N3O/c1-3-9-5-6-15(8-9)11-7-12(16)14-10(4-2)13-11/h7,9H,3-6,8H2,1-2H3,(H,13,14,16). The van der Waals surface area contributed by atoms with Gasteiger partial charge in [0.1, 0.15) is 11.6 Å². The van der Waals surface area contributed by atoms with Gasteiger partial charge in [0.25, 0.3) is 5.56 Å². The minimum absolute atomic E-state index is 0.0400. The Morgan fingerprint density at radius 3 is 3.00 bits per heavy atom. The van der Waals surface area contributed by atoms with Crippen LogP contribution in [0.3, 0.4) is 0 Å². The van der Waals surface area contributed by atoms with E-state index in [4.69, 9.17) is 0 Å². The van der Waals surface area contributed by atoms with Crippen LogP contribution in [0, 0.1) is 5.92 Å². The Morgan fingerprint density at radius 1 is 1.56 bits per heavy atom. The number of rotatable bonds is 3. The minimum Gasteiger partial charge on any atom is -0.356 e. The maximum Gasteiger partial charge on any atom is 0.252 e. The van der Waals surface area contributed by atoms with Crippen molar-refractivity contribution in [1.82, 2.24) is 9.97 Å². The molecule has 1 N–H and O–H groups in total. The molecule has 0 amide bonds. The van der Waals surface area contributed by atoms with Crippen LogP contribution in [0.4, 0.5) is 5.82 Å². The first-order valence-electron chi connectivity index (χ1n) is 6.08. The van der Waals surface area contributed by atoms with Crippen molar-refractivity contribution in [2.75, 3.05) is 18.0 Å². The highest BCUT2D eigenvalue weighted by Crippen LogP contribution is 2.23. The van der Waals surface area contributed by atoms with Crippen molar-refractivity contribution in [3.63, 3.8) is 0 Å². The molecule has 0 saturated carbocycles. The zero-order valence-corrected chi connectivity index (χ0v) is 9.99. The van der Waals surface area contributed by atoms with Crippen LogP contribution in [0.5, 0.6) is 0 Å². The molecular formula is C12H19N3O. The normalized spacial score (nSPS) is 20.4. The number of H-pyrrole nitrogens is 1. The third kappa shape index (κ3) is 2.26. The number of nitrogens with one attached hydrogen (secondary N) is 1. The van der Waals surface area contributed by atoms with E-state index < -0.39 is 0 Å². The average Bonchev–Trinajstić information content (AvgIpc) is 2.76. The summed E-state index contributed by atoms with van der Waals surface area (Å²) in [5.41, 5.74) is -0.0400. The molecule has 2 rings (SSSR count). The van der Waals surface area contributed by atoms with Crippen LogP contribution in [0.2, 0.25) is 0 Å². The van der Waals surface area contributed by atoms with Gasteiger partial charge in [-0.15, -0.1) is 0 Å². The Kier molecular flexibility index (Phi) is 3.27. The first-order chi connectivity index (χ1) is 7.72. The Bertz CT molecular complexity index is 413. The molecule has 1 aliphatic rings.